The van der Waals surface area contributed by atoms with E-state index >= 15 is 0 Å². The largest absolute Gasteiger partial charge is 0.481 e. The zero-order valence-electron chi connectivity index (χ0n) is 25.1. The number of ether oxygens (including phenoxy) is 2. The molecule has 1 amide bonds. The summed E-state index contributed by atoms with van der Waals surface area (Å²) in [6.07, 6.45) is 6.02. The van der Waals surface area contributed by atoms with Crippen molar-refractivity contribution >= 4 is 43.4 Å². The maximum atomic E-state index is 12.5. The van der Waals surface area contributed by atoms with Crippen molar-refractivity contribution in [2.45, 2.75) is 57.9 Å². The van der Waals surface area contributed by atoms with Gasteiger partial charge < -0.3 is 19.3 Å². The summed E-state index contributed by atoms with van der Waals surface area (Å²) in [4.78, 5) is 33.4. The normalized spacial score (nSPS) is 17.1. The molecule has 0 atom stereocenters. The monoisotopic (exact) mass is 616 g/mol. The summed E-state index contributed by atoms with van der Waals surface area (Å²) in [6, 6.07) is 1.82. The molecule has 2 saturated heterocycles. The fraction of sp³-hybridized carbons (Fsp3) is 0.586. The number of hydrogen-bond donors (Lipinski definition) is 0. The van der Waals surface area contributed by atoms with Gasteiger partial charge >= 0.3 is 6.09 Å². The maximum Gasteiger partial charge on any atom is 0.410 e. The molecule has 0 aromatic carbocycles. The average molecular weight is 617 g/mol. The fourth-order valence-corrected chi connectivity index (χ4v) is 7.13. The number of methoxy groups -OCH3 is 1. The Balaban J connectivity index is 1.46. The summed E-state index contributed by atoms with van der Waals surface area (Å²) >= 11 is 1.59. The van der Waals surface area contributed by atoms with Gasteiger partial charge in [0, 0.05) is 75.0 Å². The van der Waals surface area contributed by atoms with E-state index in [0.717, 1.165) is 66.1 Å². The summed E-state index contributed by atoms with van der Waals surface area (Å²) in [6.45, 7) is 10.8. The van der Waals surface area contributed by atoms with Crippen LogP contribution >= 0.6 is 11.3 Å². The van der Waals surface area contributed by atoms with Gasteiger partial charge in [-0.2, -0.15) is 0 Å². The van der Waals surface area contributed by atoms with Crippen LogP contribution in [0.2, 0.25) is 0 Å². The lowest BCUT2D eigenvalue weighted by Gasteiger charge is -2.35. The predicted molar refractivity (Wildman–Crippen MR) is 165 cm³/mol. The SMILES string of the molecule is COc1ncc(-c2nc(N3CCCCC3)nc3c(CN4CCN(C(=O)OC(C)(C)C)CC4)csc23)cc1CS(C)(=O)=O. The smallest absolute Gasteiger partial charge is 0.410 e. The van der Waals surface area contributed by atoms with Gasteiger partial charge in [-0.25, -0.2) is 28.2 Å². The third kappa shape index (κ3) is 7.30. The van der Waals surface area contributed by atoms with Crippen molar-refractivity contribution in [2.75, 3.05) is 57.5 Å². The van der Waals surface area contributed by atoms with Crippen molar-refractivity contribution < 1.29 is 22.7 Å². The highest BCUT2D eigenvalue weighted by atomic mass is 32.2. The highest BCUT2D eigenvalue weighted by molar-refractivity contribution is 7.89. The zero-order chi connectivity index (χ0) is 30.1. The van der Waals surface area contributed by atoms with Gasteiger partial charge in [-0.15, -0.1) is 11.3 Å². The van der Waals surface area contributed by atoms with Crippen LogP contribution in [0, 0.1) is 0 Å². The molecule has 0 spiro atoms. The Morgan fingerprint density at radius 2 is 1.74 bits per heavy atom. The molecule has 11 nitrogen and oxygen atoms in total. The van der Waals surface area contributed by atoms with E-state index in [1.54, 1.807) is 22.4 Å². The maximum absolute atomic E-state index is 12.5. The van der Waals surface area contributed by atoms with Gasteiger partial charge in [-0.05, 0) is 51.5 Å². The van der Waals surface area contributed by atoms with Crippen LogP contribution in [0.3, 0.4) is 0 Å². The number of hydrogen-bond acceptors (Lipinski definition) is 11. The second kappa shape index (κ2) is 12.3. The molecule has 0 bridgehead atoms. The second-order valence-electron chi connectivity index (χ2n) is 12.1. The van der Waals surface area contributed by atoms with Crippen molar-refractivity contribution in [1.82, 2.24) is 24.8 Å². The van der Waals surface area contributed by atoms with Gasteiger partial charge in [-0.1, -0.05) is 0 Å². The Morgan fingerprint density at radius 1 is 1.02 bits per heavy atom. The number of thiophene rings is 1. The first kappa shape index (κ1) is 30.4. The topological polar surface area (TPSA) is 118 Å². The predicted octanol–water partition coefficient (Wildman–Crippen LogP) is 4.35. The number of fused-ring (bicyclic) bond motifs is 1. The van der Waals surface area contributed by atoms with Gasteiger partial charge in [0.1, 0.15) is 5.60 Å². The number of pyridine rings is 1. The number of piperazine rings is 1. The lowest BCUT2D eigenvalue weighted by molar-refractivity contribution is 0.0139. The molecule has 5 heterocycles. The molecule has 0 unspecified atom stereocenters. The minimum atomic E-state index is -3.30. The van der Waals surface area contributed by atoms with Crippen LogP contribution in [0.1, 0.15) is 51.2 Å². The Bertz CT molecular complexity index is 1540. The summed E-state index contributed by atoms with van der Waals surface area (Å²) in [5.41, 5.74) is 3.48. The third-order valence-corrected chi connectivity index (χ3v) is 9.20. The van der Waals surface area contributed by atoms with Crippen molar-refractivity contribution in [3.05, 3.63) is 28.8 Å². The molecule has 5 rings (SSSR count). The second-order valence-corrected chi connectivity index (χ2v) is 15.1. The highest BCUT2D eigenvalue weighted by Gasteiger charge is 2.27. The van der Waals surface area contributed by atoms with E-state index in [9.17, 15) is 13.2 Å². The quantitative estimate of drug-likeness (QED) is 0.379. The van der Waals surface area contributed by atoms with E-state index in [2.05, 4.69) is 20.2 Å². The van der Waals surface area contributed by atoms with Crippen LogP contribution in [0.25, 0.3) is 21.5 Å². The van der Waals surface area contributed by atoms with Crippen molar-refractivity contribution in [3.8, 4) is 17.1 Å². The molecule has 0 saturated carbocycles. The van der Waals surface area contributed by atoms with Gasteiger partial charge in [0.05, 0.1) is 28.8 Å². The number of carbonyl (C=O) groups excluding carboxylic acids is 1. The molecule has 0 aliphatic carbocycles. The summed E-state index contributed by atoms with van der Waals surface area (Å²) in [5.74, 6) is 0.810. The molecule has 2 fully saturated rings. The zero-order valence-corrected chi connectivity index (χ0v) is 26.7. The number of sulfone groups is 1. The van der Waals surface area contributed by atoms with Gasteiger partial charge in [0.25, 0.3) is 0 Å². The van der Waals surface area contributed by atoms with E-state index in [0.29, 0.717) is 37.0 Å². The average Bonchev–Trinajstić information content (AvgIpc) is 3.34. The molecule has 3 aromatic heterocycles. The van der Waals surface area contributed by atoms with E-state index < -0.39 is 15.4 Å². The number of aromatic nitrogens is 3. The van der Waals surface area contributed by atoms with Crippen molar-refractivity contribution in [3.63, 3.8) is 0 Å². The fourth-order valence-electron chi connectivity index (χ4n) is 5.35. The first-order valence-corrected chi connectivity index (χ1v) is 17.3. The number of amides is 1. The number of carbonyl (C=O) groups is 1. The first-order chi connectivity index (χ1) is 19.9. The van der Waals surface area contributed by atoms with Gasteiger partial charge in [0.2, 0.25) is 11.8 Å². The summed E-state index contributed by atoms with van der Waals surface area (Å²) < 4.78 is 36.2. The number of rotatable bonds is 7. The molecular formula is C29H40N6O5S2. The first-order valence-electron chi connectivity index (χ1n) is 14.3. The minimum absolute atomic E-state index is 0.171. The van der Waals surface area contributed by atoms with Crippen LogP contribution in [-0.2, 0) is 26.9 Å². The highest BCUT2D eigenvalue weighted by Crippen LogP contribution is 2.37. The Morgan fingerprint density at radius 3 is 2.38 bits per heavy atom. The van der Waals surface area contributed by atoms with E-state index in [1.807, 2.05) is 26.8 Å². The van der Waals surface area contributed by atoms with Crippen molar-refractivity contribution in [1.29, 1.82) is 0 Å². The molecule has 0 radical (unpaired) electrons. The van der Waals surface area contributed by atoms with Crippen LogP contribution in [0.4, 0.5) is 10.7 Å². The van der Waals surface area contributed by atoms with Gasteiger partial charge in [0.15, 0.2) is 9.84 Å². The number of piperidine rings is 1. The van der Waals surface area contributed by atoms with Crippen LogP contribution in [-0.4, -0.2) is 97.5 Å². The lowest BCUT2D eigenvalue weighted by Crippen LogP contribution is -2.49. The number of anilines is 1. The molecule has 42 heavy (non-hydrogen) atoms. The molecule has 2 aliphatic rings. The van der Waals surface area contributed by atoms with Gasteiger partial charge in [-0.3, -0.25) is 4.90 Å². The molecule has 0 N–H and O–H groups in total. The molecule has 228 valence electrons. The third-order valence-electron chi connectivity index (χ3n) is 7.34. The summed E-state index contributed by atoms with van der Waals surface area (Å²) in [7, 11) is -1.81. The molecule has 3 aromatic rings. The Labute approximate surface area is 251 Å². The van der Waals surface area contributed by atoms with Crippen molar-refractivity contribution in [2.24, 2.45) is 0 Å². The molecule has 13 heteroatoms. The number of nitrogens with zero attached hydrogens (tertiary/aromatic N) is 6. The molecule has 2 aliphatic heterocycles. The Kier molecular flexibility index (Phi) is 8.91. The van der Waals surface area contributed by atoms with E-state index in [4.69, 9.17) is 19.4 Å². The summed E-state index contributed by atoms with van der Waals surface area (Å²) in [5, 5.41) is 2.14. The molecular weight excluding hydrogens is 576 g/mol. The van der Waals surface area contributed by atoms with E-state index in [-0.39, 0.29) is 11.8 Å². The lowest BCUT2D eigenvalue weighted by atomic mass is 10.1. The standard InChI is InChI=1S/C29H40N6O5S2/c1-29(2,3)40-28(36)35-13-11-33(12-14-35)17-22-18-41-25-23(31-27(32-24(22)25)34-9-7-6-8-10-34)20-15-21(19-42(5,37)38)26(39-4)30-16-20/h15-16,18H,6-14,17,19H2,1-5H3. The minimum Gasteiger partial charge on any atom is -0.481 e. The van der Waals surface area contributed by atoms with Crippen LogP contribution < -0.4 is 9.64 Å². The van der Waals surface area contributed by atoms with Crippen LogP contribution in [0.5, 0.6) is 5.88 Å². The van der Waals surface area contributed by atoms with E-state index in [1.165, 1.54) is 19.8 Å². The Hall–Kier alpha value is -3.03. The van der Waals surface area contributed by atoms with Crippen LogP contribution in [0.15, 0.2) is 17.6 Å².